The van der Waals surface area contributed by atoms with Gasteiger partial charge in [0.05, 0.1) is 0 Å². The van der Waals surface area contributed by atoms with Crippen LogP contribution in [0.25, 0.3) is 0 Å². The van der Waals surface area contributed by atoms with Crippen molar-refractivity contribution < 1.29 is 0 Å². The monoisotopic (exact) mass is 310 g/mol. The maximum Gasteiger partial charge on any atom is 0.0320 e. The van der Waals surface area contributed by atoms with Crippen LogP contribution in [0.1, 0.15) is 37.8 Å². The fraction of sp³-hybridized carbons (Fsp3) is 0.600. The molecule has 0 saturated carbocycles. The molecular weight excluding hydrogens is 288 g/mol. The Morgan fingerprint density at radius 3 is 2.72 bits per heavy atom. The van der Waals surface area contributed by atoms with Gasteiger partial charge in [-0.15, -0.1) is 0 Å². The minimum atomic E-state index is 0.482. The van der Waals surface area contributed by atoms with Crippen LogP contribution in [-0.2, 0) is 0 Å². The molecule has 2 nitrogen and oxygen atoms in total. The number of benzene rings is 1. The summed E-state index contributed by atoms with van der Waals surface area (Å²) in [6, 6.07) is 9.82. The molecule has 0 bridgehead atoms. The average Bonchev–Trinajstić information content (AvgIpc) is 2.38. The van der Waals surface area contributed by atoms with Gasteiger partial charge in [-0.2, -0.15) is 0 Å². The zero-order valence-corrected chi connectivity index (χ0v) is 12.9. The van der Waals surface area contributed by atoms with E-state index in [4.69, 9.17) is 0 Å². The third-order valence-electron chi connectivity index (χ3n) is 3.81. The number of likely N-dealkylation sites (tertiary alicyclic amines) is 1. The second kappa shape index (κ2) is 6.69. The van der Waals surface area contributed by atoms with Crippen LogP contribution in [0.5, 0.6) is 0 Å². The highest BCUT2D eigenvalue weighted by molar-refractivity contribution is 9.10. The first kappa shape index (κ1) is 14.0. The summed E-state index contributed by atoms with van der Waals surface area (Å²) in [4.78, 5) is 2.41. The highest BCUT2D eigenvalue weighted by Crippen LogP contribution is 2.22. The Bertz CT molecular complexity index is 373. The van der Waals surface area contributed by atoms with Crippen molar-refractivity contribution in [3.63, 3.8) is 0 Å². The third-order valence-corrected chi connectivity index (χ3v) is 4.31. The Morgan fingerprint density at radius 2 is 2.11 bits per heavy atom. The van der Waals surface area contributed by atoms with E-state index in [1.54, 1.807) is 0 Å². The number of piperidine rings is 1. The summed E-state index contributed by atoms with van der Waals surface area (Å²) in [6.45, 7) is 4.69. The van der Waals surface area contributed by atoms with E-state index >= 15 is 0 Å². The topological polar surface area (TPSA) is 15.3 Å². The molecule has 0 radical (unpaired) electrons. The van der Waals surface area contributed by atoms with Gasteiger partial charge >= 0.3 is 0 Å². The highest BCUT2D eigenvalue weighted by atomic mass is 79.9. The van der Waals surface area contributed by atoms with Crippen LogP contribution < -0.4 is 5.32 Å². The lowest BCUT2D eigenvalue weighted by atomic mass is 9.99. The van der Waals surface area contributed by atoms with Gasteiger partial charge in [-0.1, -0.05) is 35.0 Å². The lowest BCUT2D eigenvalue weighted by Gasteiger charge is -2.32. The van der Waals surface area contributed by atoms with Gasteiger partial charge in [0.1, 0.15) is 0 Å². The van der Waals surface area contributed by atoms with Gasteiger partial charge in [-0.3, -0.25) is 0 Å². The zero-order chi connectivity index (χ0) is 13.0. The van der Waals surface area contributed by atoms with Gasteiger partial charge in [0, 0.05) is 16.6 Å². The molecule has 1 heterocycles. The van der Waals surface area contributed by atoms with Crippen LogP contribution in [0.4, 0.5) is 0 Å². The van der Waals surface area contributed by atoms with Gasteiger partial charge in [-0.05, 0) is 57.1 Å². The second-order valence-electron chi connectivity index (χ2n) is 5.26. The molecule has 0 spiro atoms. The first-order valence-corrected chi connectivity index (χ1v) is 7.68. The highest BCUT2D eigenvalue weighted by Gasteiger charge is 2.20. The van der Waals surface area contributed by atoms with E-state index in [9.17, 15) is 0 Å². The van der Waals surface area contributed by atoms with Crippen molar-refractivity contribution in [1.82, 2.24) is 10.2 Å². The summed E-state index contributed by atoms with van der Waals surface area (Å²) in [5.74, 6) is 0. The lowest BCUT2D eigenvalue weighted by Crippen LogP contribution is -2.42. The van der Waals surface area contributed by atoms with E-state index in [0.29, 0.717) is 12.1 Å². The maximum absolute atomic E-state index is 3.82. The van der Waals surface area contributed by atoms with Crippen molar-refractivity contribution in [3.05, 3.63) is 34.3 Å². The average molecular weight is 311 g/mol. The first-order chi connectivity index (χ1) is 8.69. The Hall–Kier alpha value is -0.380. The maximum atomic E-state index is 3.82. The minimum Gasteiger partial charge on any atom is -0.307 e. The Balaban J connectivity index is 1.97. The molecule has 1 saturated heterocycles. The van der Waals surface area contributed by atoms with Gasteiger partial charge in [0.25, 0.3) is 0 Å². The summed E-state index contributed by atoms with van der Waals surface area (Å²) in [5, 5.41) is 3.82. The van der Waals surface area contributed by atoms with Gasteiger partial charge < -0.3 is 10.2 Å². The number of hydrogen-bond acceptors (Lipinski definition) is 2. The van der Waals surface area contributed by atoms with Crippen LogP contribution in [0.15, 0.2) is 28.7 Å². The Morgan fingerprint density at radius 1 is 1.39 bits per heavy atom. The molecule has 1 fully saturated rings. The van der Waals surface area contributed by atoms with Crippen LogP contribution in [0, 0.1) is 0 Å². The summed E-state index contributed by atoms with van der Waals surface area (Å²) >= 11 is 3.56. The van der Waals surface area contributed by atoms with E-state index in [1.165, 1.54) is 36.0 Å². The Kier molecular flexibility index (Phi) is 5.22. The normalized spacial score (nSPS) is 19.9. The van der Waals surface area contributed by atoms with Crippen LogP contribution in [-0.4, -0.2) is 31.1 Å². The number of hydrogen-bond donors (Lipinski definition) is 1. The summed E-state index contributed by atoms with van der Waals surface area (Å²) in [7, 11) is 2.21. The molecule has 2 rings (SSSR count). The molecule has 0 aliphatic carbocycles. The standard InChI is InChI=1S/C15H23BrN2/c1-3-15(12-5-4-6-13(16)11-12)17-14-7-9-18(2)10-8-14/h4-6,11,14-15,17H,3,7-10H2,1-2H3. The van der Waals surface area contributed by atoms with E-state index in [1.807, 2.05) is 0 Å². The van der Waals surface area contributed by atoms with E-state index in [-0.39, 0.29) is 0 Å². The number of halogens is 1. The second-order valence-corrected chi connectivity index (χ2v) is 6.18. The zero-order valence-electron chi connectivity index (χ0n) is 11.3. The van der Waals surface area contributed by atoms with E-state index in [0.717, 1.165) is 6.42 Å². The molecule has 1 atom stereocenters. The molecule has 1 aliphatic rings. The molecular formula is C15H23BrN2. The molecule has 0 aromatic heterocycles. The van der Waals surface area contributed by atoms with Crippen molar-refractivity contribution in [2.45, 2.75) is 38.3 Å². The third kappa shape index (κ3) is 3.81. The summed E-state index contributed by atoms with van der Waals surface area (Å²) in [5.41, 5.74) is 1.39. The molecule has 0 amide bonds. The fourth-order valence-electron chi connectivity index (χ4n) is 2.63. The van der Waals surface area contributed by atoms with Gasteiger partial charge in [0.15, 0.2) is 0 Å². The molecule has 1 unspecified atom stereocenters. The largest absolute Gasteiger partial charge is 0.307 e. The van der Waals surface area contributed by atoms with Crippen molar-refractivity contribution >= 4 is 15.9 Å². The van der Waals surface area contributed by atoms with Gasteiger partial charge in [-0.25, -0.2) is 0 Å². The number of rotatable bonds is 4. The minimum absolute atomic E-state index is 0.482. The Labute approximate surface area is 119 Å². The van der Waals surface area contributed by atoms with E-state index < -0.39 is 0 Å². The quantitative estimate of drug-likeness (QED) is 0.914. The van der Waals surface area contributed by atoms with Crippen molar-refractivity contribution in [1.29, 1.82) is 0 Å². The molecule has 1 aromatic rings. The smallest absolute Gasteiger partial charge is 0.0320 e. The molecule has 3 heteroatoms. The predicted molar refractivity (Wildman–Crippen MR) is 80.8 cm³/mol. The number of nitrogens with zero attached hydrogens (tertiary/aromatic N) is 1. The summed E-state index contributed by atoms with van der Waals surface area (Å²) < 4.78 is 1.17. The van der Waals surface area contributed by atoms with Crippen molar-refractivity contribution in [2.24, 2.45) is 0 Å². The van der Waals surface area contributed by atoms with Crippen LogP contribution >= 0.6 is 15.9 Å². The molecule has 1 aliphatic heterocycles. The van der Waals surface area contributed by atoms with Crippen molar-refractivity contribution in [2.75, 3.05) is 20.1 Å². The predicted octanol–water partition coefficient (Wildman–Crippen LogP) is 3.58. The van der Waals surface area contributed by atoms with E-state index in [2.05, 4.69) is 64.4 Å². The summed E-state index contributed by atoms with van der Waals surface area (Å²) in [6.07, 6.45) is 3.67. The van der Waals surface area contributed by atoms with Crippen molar-refractivity contribution in [3.8, 4) is 0 Å². The molecule has 18 heavy (non-hydrogen) atoms. The van der Waals surface area contributed by atoms with Crippen LogP contribution in [0.3, 0.4) is 0 Å². The number of nitrogens with one attached hydrogen (secondary N) is 1. The fourth-order valence-corrected chi connectivity index (χ4v) is 3.05. The SMILES string of the molecule is CCC(NC1CCN(C)CC1)c1cccc(Br)c1. The van der Waals surface area contributed by atoms with Crippen LogP contribution in [0.2, 0.25) is 0 Å². The molecule has 1 aromatic carbocycles. The van der Waals surface area contributed by atoms with Gasteiger partial charge in [0.2, 0.25) is 0 Å². The molecule has 100 valence electrons. The first-order valence-electron chi connectivity index (χ1n) is 6.89. The molecule has 1 N–H and O–H groups in total. The lowest BCUT2D eigenvalue weighted by molar-refractivity contribution is 0.223.